The fraction of sp³-hybridized carbons (Fsp3) is 0.971. The van der Waals surface area contributed by atoms with Crippen LogP contribution in [0.5, 0.6) is 0 Å². The molecule has 4 aliphatic carbocycles. The molecule has 0 bridgehead atoms. The lowest BCUT2D eigenvalue weighted by Gasteiger charge is -2.61. The lowest BCUT2D eigenvalue weighted by atomic mass is 9.44. The molecule has 2 heterocycles. The third kappa shape index (κ3) is 4.84. The smallest absolute Gasteiger partial charge is 0.306 e. The molecule has 4 saturated carbocycles. The highest BCUT2D eigenvalue weighted by atomic mass is 16.7. The standard InChI is InChI=1S/C35H58O4/c1-6-7-8-9-10-11-31(36)38-26-15-17-33(4)25(20-26)12-13-27-28(33)16-18-34(5)29(27)21-30-32(34)24(3)35(39-30)19-14-23(2)22-37-35/h23-30,32H,6-22H2,1-5H3/t23-,24+,25+,26-,27-,28?,29?,30+,32+,33+,34+,35-/m1/s1. The van der Waals surface area contributed by atoms with Crippen molar-refractivity contribution in [2.45, 2.75) is 155 Å². The monoisotopic (exact) mass is 542 g/mol. The Kier molecular flexibility index (Phi) is 7.97. The van der Waals surface area contributed by atoms with E-state index in [2.05, 4.69) is 34.6 Å². The molecule has 0 aromatic carbocycles. The molecule has 6 rings (SSSR count). The lowest BCUT2D eigenvalue weighted by molar-refractivity contribution is -0.273. The van der Waals surface area contributed by atoms with E-state index in [-0.39, 0.29) is 17.9 Å². The van der Waals surface area contributed by atoms with Crippen molar-refractivity contribution < 1.29 is 19.0 Å². The van der Waals surface area contributed by atoms with Crippen molar-refractivity contribution in [2.24, 2.45) is 52.3 Å². The van der Waals surface area contributed by atoms with Gasteiger partial charge in [-0.3, -0.25) is 4.79 Å². The average Bonchev–Trinajstić information content (AvgIpc) is 3.36. The fourth-order valence-corrected chi connectivity index (χ4v) is 11.5. The van der Waals surface area contributed by atoms with Gasteiger partial charge in [0.1, 0.15) is 6.10 Å². The quantitative estimate of drug-likeness (QED) is 0.238. The maximum absolute atomic E-state index is 12.6. The molecule has 1 spiro atoms. The number of esters is 1. The van der Waals surface area contributed by atoms with E-state index >= 15 is 0 Å². The van der Waals surface area contributed by atoms with Gasteiger partial charge in [-0.05, 0) is 111 Å². The van der Waals surface area contributed by atoms with E-state index in [0.717, 1.165) is 62.4 Å². The Labute approximate surface area is 239 Å². The van der Waals surface area contributed by atoms with Crippen molar-refractivity contribution >= 4 is 5.97 Å². The van der Waals surface area contributed by atoms with E-state index in [1.165, 1.54) is 64.2 Å². The van der Waals surface area contributed by atoms with Gasteiger partial charge in [0.05, 0.1) is 12.7 Å². The molecule has 6 aliphatic rings. The summed E-state index contributed by atoms with van der Waals surface area (Å²) in [6.07, 6.45) is 19.5. The van der Waals surface area contributed by atoms with Crippen LogP contribution in [0.2, 0.25) is 0 Å². The Bertz CT molecular complexity index is 878. The summed E-state index contributed by atoms with van der Waals surface area (Å²) < 4.78 is 19.6. The van der Waals surface area contributed by atoms with Gasteiger partial charge in [0.15, 0.2) is 5.79 Å². The zero-order valence-electron chi connectivity index (χ0n) is 25.8. The Morgan fingerprint density at radius 3 is 2.44 bits per heavy atom. The molecular formula is C35H58O4. The van der Waals surface area contributed by atoms with Crippen LogP contribution in [0.15, 0.2) is 0 Å². The van der Waals surface area contributed by atoms with Crippen LogP contribution < -0.4 is 0 Å². The Morgan fingerprint density at radius 2 is 1.67 bits per heavy atom. The Hall–Kier alpha value is -0.610. The first-order chi connectivity index (χ1) is 18.7. The minimum Gasteiger partial charge on any atom is -0.462 e. The summed E-state index contributed by atoms with van der Waals surface area (Å²) in [4.78, 5) is 12.6. The summed E-state index contributed by atoms with van der Waals surface area (Å²) in [6, 6.07) is 0. The lowest BCUT2D eigenvalue weighted by Crippen LogP contribution is -2.55. The third-order valence-electron chi connectivity index (χ3n) is 13.7. The molecule has 0 amide bonds. The van der Waals surface area contributed by atoms with E-state index in [1.807, 2.05) is 0 Å². The number of ether oxygens (including phenoxy) is 3. The van der Waals surface area contributed by atoms with E-state index in [4.69, 9.17) is 14.2 Å². The van der Waals surface area contributed by atoms with Crippen LogP contribution in [0.3, 0.4) is 0 Å². The summed E-state index contributed by atoms with van der Waals surface area (Å²) >= 11 is 0. The molecule has 0 aromatic heterocycles. The molecular weight excluding hydrogens is 484 g/mol. The molecule has 2 aliphatic heterocycles. The molecule has 2 saturated heterocycles. The molecule has 39 heavy (non-hydrogen) atoms. The molecule has 2 unspecified atom stereocenters. The molecule has 222 valence electrons. The van der Waals surface area contributed by atoms with Crippen molar-refractivity contribution in [2.75, 3.05) is 6.61 Å². The van der Waals surface area contributed by atoms with Crippen LogP contribution in [0.25, 0.3) is 0 Å². The van der Waals surface area contributed by atoms with Crippen molar-refractivity contribution in [1.82, 2.24) is 0 Å². The number of rotatable bonds is 7. The summed E-state index contributed by atoms with van der Waals surface area (Å²) in [5.74, 6) is 4.77. The second-order valence-corrected chi connectivity index (χ2v) is 15.7. The molecule has 4 nitrogen and oxygen atoms in total. The zero-order chi connectivity index (χ0) is 27.4. The number of hydrogen-bond donors (Lipinski definition) is 0. The summed E-state index contributed by atoms with van der Waals surface area (Å²) in [6.45, 7) is 13.2. The maximum atomic E-state index is 12.6. The topological polar surface area (TPSA) is 44.8 Å². The number of fused-ring (bicyclic) bond motifs is 7. The van der Waals surface area contributed by atoms with Gasteiger partial charge in [0, 0.05) is 18.8 Å². The van der Waals surface area contributed by atoms with E-state index in [9.17, 15) is 4.79 Å². The summed E-state index contributed by atoms with van der Waals surface area (Å²) in [5.41, 5.74) is 0.815. The largest absolute Gasteiger partial charge is 0.462 e. The second kappa shape index (κ2) is 10.9. The van der Waals surface area contributed by atoms with Crippen molar-refractivity contribution in [3.8, 4) is 0 Å². The third-order valence-corrected chi connectivity index (χ3v) is 13.7. The van der Waals surface area contributed by atoms with Crippen LogP contribution in [-0.4, -0.2) is 30.6 Å². The van der Waals surface area contributed by atoms with Gasteiger partial charge >= 0.3 is 5.97 Å². The summed E-state index contributed by atoms with van der Waals surface area (Å²) in [7, 11) is 0. The normalized spacial score (nSPS) is 50.6. The minimum absolute atomic E-state index is 0.0583. The van der Waals surface area contributed by atoms with Gasteiger partial charge in [-0.15, -0.1) is 0 Å². The zero-order valence-corrected chi connectivity index (χ0v) is 25.8. The van der Waals surface area contributed by atoms with Gasteiger partial charge in [-0.1, -0.05) is 60.3 Å². The molecule has 0 aromatic rings. The number of carbonyl (C=O) groups excluding carboxylic acids is 1. The van der Waals surface area contributed by atoms with Crippen molar-refractivity contribution in [1.29, 1.82) is 0 Å². The van der Waals surface area contributed by atoms with Crippen molar-refractivity contribution in [3.05, 3.63) is 0 Å². The minimum atomic E-state index is -0.304. The van der Waals surface area contributed by atoms with Crippen LogP contribution in [-0.2, 0) is 19.0 Å². The van der Waals surface area contributed by atoms with E-state index in [1.54, 1.807) is 0 Å². The van der Waals surface area contributed by atoms with E-state index < -0.39 is 0 Å². The molecule has 4 heteroatoms. The predicted octanol–water partition coefficient (Wildman–Crippen LogP) is 8.71. The first kappa shape index (κ1) is 28.5. The number of hydrogen-bond acceptors (Lipinski definition) is 4. The number of unbranched alkanes of at least 4 members (excludes halogenated alkanes) is 4. The molecule has 12 atom stereocenters. The van der Waals surface area contributed by atoms with Gasteiger partial charge in [-0.25, -0.2) is 0 Å². The first-order valence-corrected chi connectivity index (χ1v) is 17.2. The van der Waals surface area contributed by atoms with Gasteiger partial charge < -0.3 is 14.2 Å². The van der Waals surface area contributed by atoms with Gasteiger partial charge in [0.2, 0.25) is 0 Å². The molecule has 0 radical (unpaired) electrons. The highest BCUT2D eigenvalue weighted by Gasteiger charge is 2.69. The Balaban J connectivity index is 1.07. The number of carbonyl (C=O) groups is 1. The first-order valence-electron chi connectivity index (χ1n) is 17.2. The highest BCUT2D eigenvalue weighted by molar-refractivity contribution is 5.69. The van der Waals surface area contributed by atoms with Crippen LogP contribution in [0.1, 0.15) is 137 Å². The van der Waals surface area contributed by atoms with Crippen molar-refractivity contribution in [3.63, 3.8) is 0 Å². The summed E-state index contributed by atoms with van der Waals surface area (Å²) in [5, 5.41) is 0. The SMILES string of the molecule is CCCCCCCC(=O)O[C@@H]1CC[C@]2(C)C3CC[C@@]4(C)C(C[C@@H]5O[C@]6(CC[C@@H](C)CO6)[C@@H](C)[C@@H]54)[C@@H]3CC[C@H]2C1. The fourth-order valence-electron chi connectivity index (χ4n) is 11.5. The van der Waals surface area contributed by atoms with E-state index in [0.29, 0.717) is 41.1 Å². The van der Waals surface area contributed by atoms with Gasteiger partial charge in [0.25, 0.3) is 0 Å². The second-order valence-electron chi connectivity index (χ2n) is 15.7. The van der Waals surface area contributed by atoms with Gasteiger partial charge in [-0.2, -0.15) is 0 Å². The predicted molar refractivity (Wildman–Crippen MR) is 155 cm³/mol. The average molecular weight is 543 g/mol. The van der Waals surface area contributed by atoms with Crippen LogP contribution >= 0.6 is 0 Å². The van der Waals surface area contributed by atoms with Crippen LogP contribution in [0, 0.1) is 52.3 Å². The maximum Gasteiger partial charge on any atom is 0.306 e. The Morgan fingerprint density at radius 1 is 0.872 bits per heavy atom. The van der Waals surface area contributed by atoms with Crippen LogP contribution in [0.4, 0.5) is 0 Å². The molecule has 6 fully saturated rings. The highest BCUT2D eigenvalue weighted by Crippen LogP contribution is 2.71. The molecule has 0 N–H and O–H groups in total.